The molecule has 4 aromatic rings. The zero-order chi connectivity index (χ0) is 21.5. The molecule has 2 saturated heterocycles. The van der Waals surface area contributed by atoms with Crippen molar-refractivity contribution >= 4 is 33.2 Å². The third kappa shape index (κ3) is 3.89. The zero-order valence-corrected chi connectivity index (χ0v) is 19.0. The molecule has 11 nitrogen and oxygen atoms in total. The van der Waals surface area contributed by atoms with Gasteiger partial charge in [-0.05, 0) is 40.9 Å². The van der Waals surface area contributed by atoms with E-state index in [0.29, 0.717) is 24.6 Å². The number of piperidine rings is 1. The molecule has 6 heterocycles. The van der Waals surface area contributed by atoms with E-state index in [2.05, 4.69) is 51.6 Å². The molecule has 2 aliphatic heterocycles. The highest BCUT2D eigenvalue weighted by atomic mass is 79.9. The molecule has 6 rings (SSSR count). The lowest BCUT2D eigenvalue weighted by Crippen LogP contribution is -2.51. The van der Waals surface area contributed by atoms with Gasteiger partial charge in [-0.2, -0.15) is 10.1 Å². The summed E-state index contributed by atoms with van der Waals surface area (Å²) in [6.45, 7) is 4.50. The molecule has 0 radical (unpaired) electrons. The van der Waals surface area contributed by atoms with Gasteiger partial charge in [0.05, 0.1) is 54.4 Å². The summed E-state index contributed by atoms with van der Waals surface area (Å²) in [5, 5.41) is 20.8. The normalized spacial score (nSPS) is 18.3. The number of hydrogen-bond acceptors (Lipinski definition) is 8. The highest BCUT2D eigenvalue weighted by Gasteiger charge is 2.30. The van der Waals surface area contributed by atoms with E-state index in [9.17, 15) is 0 Å². The van der Waals surface area contributed by atoms with Crippen LogP contribution in [0.15, 0.2) is 41.4 Å². The molecule has 0 amide bonds. The van der Waals surface area contributed by atoms with Crippen LogP contribution in [0.3, 0.4) is 0 Å². The number of anilines is 2. The number of ether oxygens (including phenoxy) is 1. The Morgan fingerprint density at radius 3 is 2.81 bits per heavy atom. The van der Waals surface area contributed by atoms with E-state index in [0.717, 1.165) is 60.6 Å². The fourth-order valence-corrected chi connectivity index (χ4v) is 4.67. The number of hydrogen-bond donors (Lipinski definition) is 1. The van der Waals surface area contributed by atoms with Gasteiger partial charge in [-0.3, -0.25) is 9.58 Å². The molecular formula is C20H23BrN10O. The van der Waals surface area contributed by atoms with Gasteiger partial charge in [0, 0.05) is 25.5 Å². The minimum atomic E-state index is 0.406. The first kappa shape index (κ1) is 19.8. The zero-order valence-electron chi connectivity index (χ0n) is 17.4. The second-order valence-electron chi connectivity index (χ2n) is 8.26. The van der Waals surface area contributed by atoms with Crippen LogP contribution in [0.5, 0.6) is 0 Å². The van der Waals surface area contributed by atoms with Crippen LogP contribution in [0.4, 0.5) is 11.6 Å². The number of nitrogens with one attached hydrogen (secondary N) is 1. The lowest BCUT2D eigenvalue weighted by molar-refractivity contribution is -0.0734. The van der Waals surface area contributed by atoms with Gasteiger partial charge in [0.1, 0.15) is 5.69 Å². The molecule has 0 unspecified atom stereocenters. The summed E-state index contributed by atoms with van der Waals surface area (Å²) < 4.78 is 11.8. The van der Waals surface area contributed by atoms with Gasteiger partial charge in [0.15, 0.2) is 5.65 Å². The summed E-state index contributed by atoms with van der Waals surface area (Å²) in [4.78, 5) is 7.04. The predicted molar refractivity (Wildman–Crippen MR) is 120 cm³/mol. The molecular weight excluding hydrogens is 476 g/mol. The average Bonchev–Trinajstić information content (AvgIpc) is 3.49. The molecule has 0 aromatic carbocycles. The van der Waals surface area contributed by atoms with Crippen LogP contribution >= 0.6 is 15.9 Å². The number of nitrogens with zero attached hydrogens (tertiary/aromatic N) is 9. The van der Waals surface area contributed by atoms with Crippen molar-refractivity contribution in [1.82, 2.24) is 44.3 Å². The standard InChI is InChI=1S/C20H23BrN10O/c21-18-2-1-5-30-19(18)24-20(26-30)23-14-8-22-29(9-14)10-15-11-31(27-25-15)16-3-6-28(7-4-16)17-12-32-13-17/h1-2,5,8-9,11,16-17H,3-4,6-7,10,12-13H2,(H,23,26). The van der Waals surface area contributed by atoms with Crippen molar-refractivity contribution in [3.05, 3.63) is 47.1 Å². The molecule has 4 aromatic heterocycles. The molecule has 0 spiro atoms. The number of likely N-dealkylation sites (tertiary alicyclic amines) is 1. The average molecular weight is 499 g/mol. The maximum absolute atomic E-state index is 5.32. The molecule has 0 atom stereocenters. The van der Waals surface area contributed by atoms with Gasteiger partial charge in [0.25, 0.3) is 0 Å². The van der Waals surface area contributed by atoms with Crippen molar-refractivity contribution < 1.29 is 4.74 Å². The molecule has 2 aliphatic rings. The Morgan fingerprint density at radius 2 is 2.03 bits per heavy atom. The first-order valence-corrected chi connectivity index (χ1v) is 11.5. The van der Waals surface area contributed by atoms with Crippen LogP contribution in [0.25, 0.3) is 5.65 Å². The van der Waals surface area contributed by atoms with Crippen molar-refractivity contribution in [3.63, 3.8) is 0 Å². The number of halogens is 1. The minimum Gasteiger partial charge on any atom is -0.378 e. The van der Waals surface area contributed by atoms with Crippen LogP contribution in [0, 0.1) is 0 Å². The Balaban J connectivity index is 1.07. The largest absolute Gasteiger partial charge is 0.378 e. The number of pyridine rings is 1. The molecule has 0 saturated carbocycles. The Hall–Kier alpha value is -2.83. The fraction of sp³-hybridized carbons (Fsp3) is 0.450. The van der Waals surface area contributed by atoms with Crippen molar-refractivity contribution in [2.45, 2.75) is 31.5 Å². The molecule has 32 heavy (non-hydrogen) atoms. The topological polar surface area (TPSA) is 103 Å². The van der Waals surface area contributed by atoms with E-state index in [-0.39, 0.29) is 0 Å². The highest BCUT2D eigenvalue weighted by Crippen LogP contribution is 2.25. The summed E-state index contributed by atoms with van der Waals surface area (Å²) in [7, 11) is 0. The monoisotopic (exact) mass is 498 g/mol. The van der Waals surface area contributed by atoms with Crippen LogP contribution in [0.1, 0.15) is 24.6 Å². The van der Waals surface area contributed by atoms with Gasteiger partial charge in [0.2, 0.25) is 5.95 Å². The van der Waals surface area contributed by atoms with E-state index in [1.807, 2.05) is 40.1 Å². The van der Waals surface area contributed by atoms with Gasteiger partial charge in [-0.1, -0.05) is 5.21 Å². The summed E-state index contributed by atoms with van der Waals surface area (Å²) in [5.74, 6) is 0.516. The van der Waals surface area contributed by atoms with Crippen molar-refractivity contribution in [2.24, 2.45) is 0 Å². The van der Waals surface area contributed by atoms with Crippen molar-refractivity contribution in [2.75, 3.05) is 31.6 Å². The van der Waals surface area contributed by atoms with Crippen LogP contribution in [-0.4, -0.2) is 76.6 Å². The molecule has 0 bridgehead atoms. The SMILES string of the molecule is Brc1cccn2nc(Nc3cnn(Cc4cn(C5CCN(C6COC6)CC5)nn4)c3)nc12. The fourth-order valence-electron chi connectivity index (χ4n) is 4.25. The molecule has 12 heteroatoms. The maximum atomic E-state index is 5.32. The summed E-state index contributed by atoms with van der Waals surface area (Å²) in [6, 6.07) is 4.87. The lowest BCUT2D eigenvalue weighted by atomic mass is 10.0. The molecule has 1 N–H and O–H groups in total. The third-order valence-corrected chi connectivity index (χ3v) is 6.71. The van der Waals surface area contributed by atoms with E-state index in [1.54, 1.807) is 10.7 Å². The van der Waals surface area contributed by atoms with E-state index in [1.165, 1.54) is 0 Å². The number of rotatable bonds is 6. The maximum Gasteiger partial charge on any atom is 0.247 e. The third-order valence-electron chi connectivity index (χ3n) is 6.10. The molecule has 0 aliphatic carbocycles. The first-order valence-electron chi connectivity index (χ1n) is 10.7. The van der Waals surface area contributed by atoms with Crippen LogP contribution < -0.4 is 5.32 Å². The van der Waals surface area contributed by atoms with Gasteiger partial charge >= 0.3 is 0 Å². The van der Waals surface area contributed by atoms with E-state index < -0.39 is 0 Å². The highest BCUT2D eigenvalue weighted by molar-refractivity contribution is 9.10. The predicted octanol–water partition coefficient (Wildman–Crippen LogP) is 2.11. The summed E-state index contributed by atoms with van der Waals surface area (Å²) in [6.07, 6.45) is 9.76. The van der Waals surface area contributed by atoms with Gasteiger partial charge in [-0.25, -0.2) is 9.20 Å². The number of aromatic nitrogens is 8. The van der Waals surface area contributed by atoms with E-state index >= 15 is 0 Å². The molecule has 2 fully saturated rings. The van der Waals surface area contributed by atoms with Crippen LogP contribution in [-0.2, 0) is 11.3 Å². The van der Waals surface area contributed by atoms with Crippen molar-refractivity contribution in [3.8, 4) is 0 Å². The van der Waals surface area contributed by atoms with E-state index in [4.69, 9.17) is 4.74 Å². The van der Waals surface area contributed by atoms with Crippen molar-refractivity contribution in [1.29, 1.82) is 0 Å². The Labute approximate surface area is 192 Å². The van der Waals surface area contributed by atoms with Gasteiger partial charge < -0.3 is 10.1 Å². The Morgan fingerprint density at radius 1 is 1.16 bits per heavy atom. The van der Waals surface area contributed by atoms with Crippen LogP contribution in [0.2, 0.25) is 0 Å². The summed E-state index contributed by atoms with van der Waals surface area (Å²) >= 11 is 3.49. The van der Waals surface area contributed by atoms with Gasteiger partial charge in [-0.15, -0.1) is 10.2 Å². The lowest BCUT2D eigenvalue weighted by Gasteiger charge is -2.41. The smallest absolute Gasteiger partial charge is 0.247 e. The minimum absolute atomic E-state index is 0.406. The second-order valence-corrected chi connectivity index (χ2v) is 9.11. The molecule has 166 valence electrons. The Kier molecular flexibility index (Phi) is 5.12. The first-order chi connectivity index (χ1) is 15.7. The second kappa shape index (κ2) is 8.26. The quantitative estimate of drug-likeness (QED) is 0.431. The summed E-state index contributed by atoms with van der Waals surface area (Å²) in [5.41, 5.74) is 2.46. The number of fused-ring (bicyclic) bond motifs is 1. The Bertz CT molecular complexity index is 1220.